The second kappa shape index (κ2) is 9.14. The molecule has 0 spiro atoms. The standard InChI is InChI=1S/C24H26N2O2S/c1-15-11-16(2)23(17(3)12-15)26-24(28)18(4)29-14-22(27)25-21-10-9-19-7-5-6-8-20(19)13-21/h5-13,18H,14H2,1-4H3,(H,25,27)(H,26,28). The first kappa shape index (κ1) is 20.9. The fraction of sp³-hybridized carbons (Fsp3) is 0.250. The normalized spacial score (nSPS) is 11.9. The van der Waals surface area contributed by atoms with E-state index in [-0.39, 0.29) is 22.8 Å². The first-order chi connectivity index (χ1) is 13.8. The smallest absolute Gasteiger partial charge is 0.237 e. The van der Waals surface area contributed by atoms with Crippen molar-refractivity contribution in [2.45, 2.75) is 32.9 Å². The maximum Gasteiger partial charge on any atom is 0.237 e. The highest BCUT2D eigenvalue weighted by Crippen LogP contribution is 2.24. The number of carbonyl (C=O) groups is 2. The largest absolute Gasteiger partial charge is 0.325 e. The zero-order valence-corrected chi connectivity index (χ0v) is 18.0. The minimum atomic E-state index is -0.336. The quantitative estimate of drug-likeness (QED) is 0.571. The van der Waals surface area contributed by atoms with Crippen molar-refractivity contribution >= 4 is 45.7 Å². The Labute approximate surface area is 176 Å². The van der Waals surface area contributed by atoms with Gasteiger partial charge in [-0.25, -0.2) is 0 Å². The molecule has 4 nitrogen and oxygen atoms in total. The van der Waals surface area contributed by atoms with Crippen LogP contribution < -0.4 is 10.6 Å². The van der Waals surface area contributed by atoms with E-state index in [2.05, 4.69) is 22.8 Å². The highest BCUT2D eigenvalue weighted by molar-refractivity contribution is 8.01. The van der Waals surface area contributed by atoms with Gasteiger partial charge >= 0.3 is 0 Å². The summed E-state index contributed by atoms with van der Waals surface area (Å²) in [5.41, 5.74) is 4.88. The monoisotopic (exact) mass is 406 g/mol. The highest BCUT2D eigenvalue weighted by atomic mass is 32.2. The van der Waals surface area contributed by atoms with Crippen molar-refractivity contribution in [3.8, 4) is 0 Å². The summed E-state index contributed by atoms with van der Waals surface area (Å²) in [5, 5.41) is 7.79. The molecule has 3 aromatic rings. The lowest BCUT2D eigenvalue weighted by Crippen LogP contribution is -2.25. The van der Waals surface area contributed by atoms with Gasteiger partial charge in [0.05, 0.1) is 11.0 Å². The molecule has 0 fully saturated rings. The summed E-state index contributed by atoms with van der Waals surface area (Å²) in [6.45, 7) is 7.84. The number of amides is 2. The van der Waals surface area contributed by atoms with E-state index in [9.17, 15) is 9.59 Å². The molecule has 0 aliphatic rings. The fourth-order valence-electron chi connectivity index (χ4n) is 3.34. The summed E-state index contributed by atoms with van der Waals surface area (Å²) in [6, 6.07) is 18.0. The number of hydrogen-bond donors (Lipinski definition) is 2. The van der Waals surface area contributed by atoms with E-state index in [4.69, 9.17) is 0 Å². The number of rotatable bonds is 6. The molecule has 0 aliphatic heterocycles. The number of benzene rings is 3. The minimum absolute atomic E-state index is 0.0939. The van der Waals surface area contributed by atoms with E-state index in [1.807, 2.05) is 70.2 Å². The molecule has 3 aromatic carbocycles. The second-order valence-corrected chi connectivity index (χ2v) is 8.66. The third kappa shape index (κ3) is 5.39. The molecule has 5 heteroatoms. The first-order valence-electron chi connectivity index (χ1n) is 9.62. The summed E-state index contributed by atoms with van der Waals surface area (Å²) in [7, 11) is 0. The molecule has 0 saturated carbocycles. The SMILES string of the molecule is Cc1cc(C)c(NC(=O)C(C)SCC(=O)Nc2ccc3ccccc3c2)c(C)c1. The Balaban J connectivity index is 1.54. The molecular weight excluding hydrogens is 380 g/mol. The van der Waals surface area contributed by atoms with Gasteiger partial charge in [-0.1, -0.05) is 48.0 Å². The van der Waals surface area contributed by atoms with Gasteiger partial charge in [0.15, 0.2) is 0 Å². The summed E-state index contributed by atoms with van der Waals surface area (Å²) < 4.78 is 0. The van der Waals surface area contributed by atoms with Gasteiger partial charge in [-0.3, -0.25) is 9.59 Å². The number of anilines is 2. The number of carbonyl (C=O) groups excluding carboxylic acids is 2. The molecule has 0 aromatic heterocycles. The van der Waals surface area contributed by atoms with Crippen LogP contribution in [0.25, 0.3) is 10.8 Å². The van der Waals surface area contributed by atoms with Gasteiger partial charge in [0, 0.05) is 11.4 Å². The Morgan fingerprint density at radius 2 is 1.55 bits per heavy atom. The van der Waals surface area contributed by atoms with E-state index in [0.29, 0.717) is 0 Å². The average molecular weight is 407 g/mol. The molecule has 3 rings (SSSR count). The zero-order chi connectivity index (χ0) is 21.0. The Bertz CT molecular complexity index is 1040. The number of nitrogens with one attached hydrogen (secondary N) is 2. The Morgan fingerprint density at radius 1 is 0.897 bits per heavy atom. The second-order valence-electron chi connectivity index (χ2n) is 7.33. The van der Waals surface area contributed by atoms with E-state index >= 15 is 0 Å². The molecule has 150 valence electrons. The van der Waals surface area contributed by atoms with Gasteiger partial charge in [0.2, 0.25) is 11.8 Å². The van der Waals surface area contributed by atoms with Crippen molar-refractivity contribution in [1.29, 1.82) is 0 Å². The van der Waals surface area contributed by atoms with Gasteiger partial charge in [-0.15, -0.1) is 11.8 Å². The predicted molar refractivity (Wildman–Crippen MR) is 124 cm³/mol. The van der Waals surface area contributed by atoms with E-state index in [1.54, 1.807) is 0 Å². The van der Waals surface area contributed by atoms with Crippen LogP contribution in [-0.4, -0.2) is 22.8 Å². The van der Waals surface area contributed by atoms with Crippen LogP contribution in [0.4, 0.5) is 11.4 Å². The Morgan fingerprint density at radius 3 is 2.24 bits per heavy atom. The maximum atomic E-state index is 12.6. The molecule has 1 atom stereocenters. The number of thioether (sulfide) groups is 1. The van der Waals surface area contributed by atoms with Crippen molar-refractivity contribution < 1.29 is 9.59 Å². The molecule has 29 heavy (non-hydrogen) atoms. The number of hydrogen-bond acceptors (Lipinski definition) is 3. The molecule has 2 amide bonds. The maximum absolute atomic E-state index is 12.6. The Kier molecular flexibility index (Phi) is 6.60. The molecule has 0 radical (unpaired) electrons. The van der Waals surface area contributed by atoms with Gasteiger partial charge in [-0.2, -0.15) is 0 Å². The number of fused-ring (bicyclic) bond motifs is 1. The van der Waals surface area contributed by atoms with Crippen LogP contribution >= 0.6 is 11.8 Å². The topological polar surface area (TPSA) is 58.2 Å². The van der Waals surface area contributed by atoms with Crippen LogP contribution in [0.5, 0.6) is 0 Å². The van der Waals surface area contributed by atoms with Crippen molar-refractivity contribution in [2.24, 2.45) is 0 Å². The average Bonchev–Trinajstić information content (AvgIpc) is 2.68. The van der Waals surface area contributed by atoms with E-state index in [0.717, 1.165) is 33.3 Å². The lowest BCUT2D eigenvalue weighted by molar-refractivity contribution is -0.115. The molecule has 0 bridgehead atoms. The molecule has 0 heterocycles. The van der Waals surface area contributed by atoms with Gasteiger partial charge in [0.1, 0.15) is 0 Å². The summed E-state index contributed by atoms with van der Waals surface area (Å²) >= 11 is 1.33. The van der Waals surface area contributed by atoms with Crippen LogP contribution in [0.3, 0.4) is 0 Å². The summed E-state index contributed by atoms with van der Waals surface area (Å²) in [6.07, 6.45) is 0. The van der Waals surface area contributed by atoms with Crippen molar-refractivity contribution in [2.75, 3.05) is 16.4 Å². The Hall–Kier alpha value is -2.79. The van der Waals surface area contributed by atoms with Gasteiger partial charge in [-0.05, 0) is 61.7 Å². The van der Waals surface area contributed by atoms with Crippen LogP contribution in [0.15, 0.2) is 54.6 Å². The zero-order valence-electron chi connectivity index (χ0n) is 17.2. The predicted octanol–water partition coefficient (Wildman–Crippen LogP) is 5.46. The molecule has 0 saturated heterocycles. The molecular formula is C24H26N2O2S. The van der Waals surface area contributed by atoms with Gasteiger partial charge < -0.3 is 10.6 Å². The number of aryl methyl sites for hydroxylation is 3. The van der Waals surface area contributed by atoms with Crippen LogP contribution in [0.1, 0.15) is 23.6 Å². The van der Waals surface area contributed by atoms with Crippen LogP contribution in [-0.2, 0) is 9.59 Å². The van der Waals surface area contributed by atoms with Gasteiger partial charge in [0.25, 0.3) is 0 Å². The first-order valence-corrected chi connectivity index (χ1v) is 10.7. The third-order valence-electron chi connectivity index (χ3n) is 4.79. The van der Waals surface area contributed by atoms with Crippen molar-refractivity contribution in [1.82, 2.24) is 0 Å². The summed E-state index contributed by atoms with van der Waals surface area (Å²) in [4.78, 5) is 24.9. The molecule has 2 N–H and O–H groups in total. The van der Waals surface area contributed by atoms with Crippen molar-refractivity contribution in [3.63, 3.8) is 0 Å². The minimum Gasteiger partial charge on any atom is -0.325 e. The van der Waals surface area contributed by atoms with E-state index < -0.39 is 0 Å². The van der Waals surface area contributed by atoms with E-state index in [1.165, 1.54) is 17.3 Å². The van der Waals surface area contributed by atoms with Crippen molar-refractivity contribution in [3.05, 3.63) is 71.3 Å². The molecule has 1 unspecified atom stereocenters. The summed E-state index contributed by atoms with van der Waals surface area (Å²) in [5.74, 6) is 0.00369. The van der Waals surface area contributed by atoms with Crippen LogP contribution in [0.2, 0.25) is 0 Å². The molecule has 0 aliphatic carbocycles. The fourth-order valence-corrected chi connectivity index (χ4v) is 4.03. The highest BCUT2D eigenvalue weighted by Gasteiger charge is 2.17. The lowest BCUT2D eigenvalue weighted by atomic mass is 10.1. The third-order valence-corrected chi connectivity index (χ3v) is 5.94. The van der Waals surface area contributed by atoms with Crippen LogP contribution in [0, 0.1) is 20.8 Å². The lowest BCUT2D eigenvalue weighted by Gasteiger charge is -2.16.